The lowest BCUT2D eigenvalue weighted by molar-refractivity contribution is -0.118. The highest BCUT2D eigenvalue weighted by Gasteiger charge is 2.09. The SMILES string of the molecule is C=CCOc1ccccc1NC(=O)COc1cccc(C)c1C. The van der Waals surface area contributed by atoms with Crippen molar-refractivity contribution in [1.82, 2.24) is 0 Å². The van der Waals surface area contributed by atoms with Gasteiger partial charge in [-0.1, -0.05) is 36.9 Å². The molecule has 4 heteroatoms. The van der Waals surface area contributed by atoms with Crippen LogP contribution in [0.3, 0.4) is 0 Å². The number of anilines is 1. The van der Waals surface area contributed by atoms with Crippen LogP contribution in [0, 0.1) is 13.8 Å². The highest BCUT2D eigenvalue weighted by Crippen LogP contribution is 2.24. The van der Waals surface area contributed by atoms with Gasteiger partial charge in [0, 0.05) is 0 Å². The van der Waals surface area contributed by atoms with Crippen LogP contribution in [0.15, 0.2) is 55.1 Å². The van der Waals surface area contributed by atoms with Gasteiger partial charge in [-0.25, -0.2) is 0 Å². The van der Waals surface area contributed by atoms with Crippen LogP contribution in [0.2, 0.25) is 0 Å². The normalized spacial score (nSPS) is 10.0. The predicted octanol–water partition coefficient (Wildman–Crippen LogP) is 3.89. The largest absolute Gasteiger partial charge is 0.487 e. The van der Waals surface area contributed by atoms with Gasteiger partial charge in [-0.2, -0.15) is 0 Å². The molecule has 2 aromatic rings. The van der Waals surface area contributed by atoms with Gasteiger partial charge in [0.1, 0.15) is 18.1 Å². The molecule has 2 rings (SSSR count). The zero-order valence-electron chi connectivity index (χ0n) is 13.5. The number of nitrogens with one attached hydrogen (secondary N) is 1. The highest BCUT2D eigenvalue weighted by molar-refractivity contribution is 5.93. The number of amides is 1. The molecular weight excluding hydrogens is 290 g/mol. The number of hydrogen-bond acceptors (Lipinski definition) is 3. The fourth-order valence-corrected chi connectivity index (χ4v) is 2.05. The van der Waals surface area contributed by atoms with E-state index in [1.165, 1.54) is 0 Å². The summed E-state index contributed by atoms with van der Waals surface area (Å²) in [5.41, 5.74) is 2.78. The Morgan fingerprint density at radius 1 is 1.09 bits per heavy atom. The molecule has 0 radical (unpaired) electrons. The van der Waals surface area contributed by atoms with Crippen LogP contribution in [0.5, 0.6) is 11.5 Å². The molecule has 0 aliphatic rings. The zero-order chi connectivity index (χ0) is 16.7. The number of para-hydroxylation sites is 2. The first kappa shape index (κ1) is 16.6. The van der Waals surface area contributed by atoms with E-state index in [2.05, 4.69) is 11.9 Å². The Morgan fingerprint density at radius 3 is 2.61 bits per heavy atom. The van der Waals surface area contributed by atoms with Crippen molar-refractivity contribution in [3.05, 3.63) is 66.2 Å². The van der Waals surface area contributed by atoms with Crippen molar-refractivity contribution in [2.45, 2.75) is 13.8 Å². The van der Waals surface area contributed by atoms with Gasteiger partial charge in [0.05, 0.1) is 5.69 Å². The van der Waals surface area contributed by atoms with Crippen LogP contribution >= 0.6 is 0 Å². The second-order valence-corrected chi connectivity index (χ2v) is 5.13. The van der Waals surface area contributed by atoms with Gasteiger partial charge in [0.2, 0.25) is 0 Å². The number of carbonyl (C=O) groups is 1. The summed E-state index contributed by atoms with van der Waals surface area (Å²) >= 11 is 0. The summed E-state index contributed by atoms with van der Waals surface area (Å²) in [5, 5.41) is 2.80. The molecule has 4 nitrogen and oxygen atoms in total. The summed E-state index contributed by atoms with van der Waals surface area (Å²) in [6.07, 6.45) is 1.65. The molecule has 2 aromatic carbocycles. The molecule has 0 bridgehead atoms. The Kier molecular flexibility index (Phi) is 5.80. The van der Waals surface area contributed by atoms with Gasteiger partial charge >= 0.3 is 0 Å². The van der Waals surface area contributed by atoms with Crippen molar-refractivity contribution in [3.63, 3.8) is 0 Å². The monoisotopic (exact) mass is 311 g/mol. The minimum absolute atomic E-state index is 0.0555. The van der Waals surface area contributed by atoms with Crippen molar-refractivity contribution >= 4 is 11.6 Å². The van der Waals surface area contributed by atoms with Crippen LogP contribution in [0.25, 0.3) is 0 Å². The number of carbonyl (C=O) groups excluding carboxylic acids is 1. The fourth-order valence-electron chi connectivity index (χ4n) is 2.05. The molecular formula is C19H21NO3. The maximum absolute atomic E-state index is 12.1. The van der Waals surface area contributed by atoms with Crippen LogP contribution < -0.4 is 14.8 Å². The van der Waals surface area contributed by atoms with Gasteiger partial charge in [-0.3, -0.25) is 4.79 Å². The van der Waals surface area contributed by atoms with Gasteiger partial charge in [-0.05, 0) is 43.2 Å². The van der Waals surface area contributed by atoms with Crippen molar-refractivity contribution in [3.8, 4) is 11.5 Å². The summed E-state index contributed by atoms with van der Waals surface area (Å²) < 4.78 is 11.1. The van der Waals surface area contributed by atoms with E-state index in [9.17, 15) is 4.79 Å². The Hall–Kier alpha value is -2.75. The predicted molar refractivity (Wildman–Crippen MR) is 92.2 cm³/mol. The minimum atomic E-state index is -0.236. The van der Waals surface area contributed by atoms with Crippen LogP contribution in [-0.2, 0) is 4.79 Å². The van der Waals surface area contributed by atoms with Crippen molar-refractivity contribution < 1.29 is 14.3 Å². The molecule has 0 spiro atoms. The molecule has 23 heavy (non-hydrogen) atoms. The number of hydrogen-bond donors (Lipinski definition) is 1. The second-order valence-electron chi connectivity index (χ2n) is 5.13. The maximum Gasteiger partial charge on any atom is 0.262 e. The first-order valence-electron chi connectivity index (χ1n) is 7.43. The molecule has 120 valence electrons. The van der Waals surface area contributed by atoms with Crippen LogP contribution in [0.1, 0.15) is 11.1 Å². The topological polar surface area (TPSA) is 47.6 Å². The summed E-state index contributed by atoms with van der Waals surface area (Å²) in [5.74, 6) is 1.09. The average Bonchev–Trinajstić information content (AvgIpc) is 2.55. The van der Waals surface area contributed by atoms with Crippen LogP contribution in [-0.4, -0.2) is 19.1 Å². The molecule has 0 aliphatic carbocycles. The quantitative estimate of drug-likeness (QED) is 0.789. The molecule has 0 atom stereocenters. The van der Waals surface area contributed by atoms with Gasteiger partial charge in [0.15, 0.2) is 6.61 Å². The smallest absolute Gasteiger partial charge is 0.262 e. The van der Waals surface area contributed by atoms with E-state index < -0.39 is 0 Å². The van der Waals surface area contributed by atoms with E-state index >= 15 is 0 Å². The van der Waals surface area contributed by atoms with Gasteiger partial charge in [0.25, 0.3) is 5.91 Å². The molecule has 0 fully saturated rings. The lowest BCUT2D eigenvalue weighted by Crippen LogP contribution is -2.21. The molecule has 0 aromatic heterocycles. The van der Waals surface area contributed by atoms with Crippen molar-refractivity contribution in [2.24, 2.45) is 0 Å². The number of rotatable bonds is 7. The Labute approximate surface area is 136 Å². The third-order valence-electron chi connectivity index (χ3n) is 3.43. The van der Waals surface area contributed by atoms with Gasteiger partial charge in [-0.15, -0.1) is 0 Å². The second kappa shape index (κ2) is 8.03. The third-order valence-corrected chi connectivity index (χ3v) is 3.43. The third kappa shape index (κ3) is 4.61. The Bertz CT molecular complexity index is 695. The van der Waals surface area contributed by atoms with E-state index in [0.717, 1.165) is 16.9 Å². The first-order chi connectivity index (χ1) is 11.1. The van der Waals surface area contributed by atoms with E-state index in [-0.39, 0.29) is 12.5 Å². The molecule has 0 saturated carbocycles. The maximum atomic E-state index is 12.1. The summed E-state index contributed by atoms with van der Waals surface area (Å²) in [7, 11) is 0. The lowest BCUT2D eigenvalue weighted by atomic mass is 10.1. The van der Waals surface area contributed by atoms with Crippen molar-refractivity contribution in [1.29, 1.82) is 0 Å². The van der Waals surface area contributed by atoms with Crippen molar-refractivity contribution in [2.75, 3.05) is 18.5 Å². The Morgan fingerprint density at radius 2 is 1.83 bits per heavy atom. The van der Waals surface area contributed by atoms with Gasteiger partial charge < -0.3 is 14.8 Å². The van der Waals surface area contributed by atoms with Crippen LogP contribution in [0.4, 0.5) is 5.69 Å². The van der Waals surface area contributed by atoms with E-state index in [4.69, 9.17) is 9.47 Å². The summed E-state index contributed by atoms with van der Waals surface area (Å²) in [4.78, 5) is 12.1. The fraction of sp³-hybridized carbons (Fsp3) is 0.211. The molecule has 1 N–H and O–H groups in total. The van der Waals surface area contributed by atoms with E-state index in [0.29, 0.717) is 18.0 Å². The van der Waals surface area contributed by atoms with E-state index in [1.54, 1.807) is 18.2 Å². The first-order valence-corrected chi connectivity index (χ1v) is 7.43. The lowest BCUT2D eigenvalue weighted by Gasteiger charge is -2.13. The Balaban J connectivity index is 1.97. The standard InChI is InChI=1S/C19H21NO3/c1-4-12-22-18-10-6-5-9-16(18)20-19(21)13-23-17-11-7-8-14(2)15(17)3/h4-11H,1,12-13H2,2-3H3,(H,20,21). The number of ether oxygens (including phenoxy) is 2. The zero-order valence-corrected chi connectivity index (χ0v) is 13.5. The summed E-state index contributed by atoms with van der Waals surface area (Å²) in [6, 6.07) is 13.0. The molecule has 0 aliphatic heterocycles. The highest BCUT2D eigenvalue weighted by atomic mass is 16.5. The molecule has 0 heterocycles. The molecule has 0 unspecified atom stereocenters. The van der Waals surface area contributed by atoms with E-state index in [1.807, 2.05) is 44.2 Å². The number of aryl methyl sites for hydroxylation is 1. The average molecular weight is 311 g/mol. The number of benzene rings is 2. The molecule has 0 saturated heterocycles. The minimum Gasteiger partial charge on any atom is -0.487 e. The molecule has 1 amide bonds. The summed E-state index contributed by atoms with van der Waals surface area (Å²) in [6.45, 7) is 7.92.